The van der Waals surface area contributed by atoms with E-state index in [9.17, 15) is 14.4 Å². The molecule has 0 spiro atoms. The van der Waals surface area contributed by atoms with Crippen LogP contribution in [0.15, 0.2) is 72.8 Å². The summed E-state index contributed by atoms with van der Waals surface area (Å²) in [5, 5.41) is 6.47. The number of rotatable bonds is 6. The minimum Gasteiger partial charge on any atom is -0.494 e. The van der Waals surface area contributed by atoms with Crippen LogP contribution >= 0.6 is 11.6 Å². The molecule has 0 aliphatic heterocycles. The number of nitrogens with one attached hydrogen (secondary N) is 3. The molecule has 1 aromatic heterocycles. The van der Waals surface area contributed by atoms with Crippen LogP contribution in [-0.4, -0.2) is 29.0 Å². The van der Waals surface area contributed by atoms with Crippen LogP contribution in [0.25, 0.3) is 10.9 Å². The number of ether oxygens (including phenoxy) is 1. The van der Waals surface area contributed by atoms with Gasteiger partial charge in [-0.25, -0.2) is 4.68 Å². The van der Waals surface area contributed by atoms with Crippen LogP contribution in [0.3, 0.4) is 0 Å². The molecule has 0 saturated heterocycles. The second kappa shape index (κ2) is 10.3. The van der Waals surface area contributed by atoms with E-state index in [2.05, 4.69) is 16.1 Å². The summed E-state index contributed by atoms with van der Waals surface area (Å²) in [5.74, 6) is -1.61. The van der Waals surface area contributed by atoms with Crippen LogP contribution in [0.5, 0.6) is 5.75 Å². The first-order valence-corrected chi connectivity index (χ1v) is 11.3. The van der Waals surface area contributed by atoms with Gasteiger partial charge in [0.2, 0.25) is 0 Å². The predicted octanol–water partition coefficient (Wildman–Crippen LogP) is 4.96. The summed E-state index contributed by atoms with van der Waals surface area (Å²) in [6.45, 7) is 4.24. The highest BCUT2D eigenvalue weighted by Gasteiger charge is 2.21. The Morgan fingerprint density at radius 2 is 1.66 bits per heavy atom. The SMILES string of the molecule is CCOc1ccc(NC(=O)c2cc3cc(Cl)ccc3n2NC(=O)C(=O)Nc2ccccc2C)cc1. The van der Waals surface area contributed by atoms with Crippen molar-refractivity contribution in [1.82, 2.24) is 4.68 Å². The third kappa shape index (κ3) is 5.44. The van der Waals surface area contributed by atoms with E-state index < -0.39 is 17.7 Å². The minimum absolute atomic E-state index is 0.119. The number of aromatic nitrogens is 1. The molecule has 0 atom stereocenters. The van der Waals surface area contributed by atoms with Crippen molar-refractivity contribution in [2.24, 2.45) is 0 Å². The van der Waals surface area contributed by atoms with Crippen LogP contribution in [0, 0.1) is 6.92 Å². The van der Waals surface area contributed by atoms with Crippen molar-refractivity contribution in [2.45, 2.75) is 13.8 Å². The fraction of sp³-hybridized carbons (Fsp3) is 0.115. The van der Waals surface area contributed by atoms with Gasteiger partial charge in [-0.15, -0.1) is 0 Å². The lowest BCUT2D eigenvalue weighted by atomic mass is 10.2. The Morgan fingerprint density at radius 1 is 0.914 bits per heavy atom. The molecule has 0 bridgehead atoms. The normalized spacial score (nSPS) is 10.6. The van der Waals surface area contributed by atoms with Crippen molar-refractivity contribution in [3.8, 4) is 5.75 Å². The molecular weight excluding hydrogens is 468 g/mol. The Labute approximate surface area is 206 Å². The molecule has 0 aliphatic carbocycles. The number of aryl methyl sites for hydroxylation is 1. The molecule has 4 rings (SSSR count). The first kappa shape index (κ1) is 23.8. The summed E-state index contributed by atoms with van der Waals surface area (Å²) in [6.07, 6.45) is 0. The lowest BCUT2D eigenvalue weighted by Crippen LogP contribution is -2.36. The number of anilines is 2. The Hall–Kier alpha value is -4.30. The van der Waals surface area contributed by atoms with E-state index in [4.69, 9.17) is 16.3 Å². The monoisotopic (exact) mass is 490 g/mol. The smallest absolute Gasteiger partial charge is 0.328 e. The number of fused-ring (bicyclic) bond motifs is 1. The maximum atomic E-state index is 13.1. The zero-order valence-electron chi connectivity index (χ0n) is 19.1. The fourth-order valence-corrected chi connectivity index (χ4v) is 3.70. The second-order valence-electron chi connectivity index (χ2n) is 7.69. The van der Waals surface area contributed by atoms with Gasteiger partial charge in [0, 0.05) is 21.8 Å². The van der Waals surface area contributed by atoms with Crippen LogP contribution in [0.2, 0.25) is 5.02 Å². The van der Waals surface area contributed by atoms with E-state index in [-0.39, 0.29) is 5.69 Å². The number of amides is 3. The third-order valence-corrected chi connectivity index (χ3v) is 5.47. The zero-order valence-corrected chi connectivity index (χ0v) is 19.8. The summed E-state index contributed by atoms with van der Waals surface area (Å²) >= 11 is 6.12. The molecule has 1 heterocycles. The number of carbonyl (C=O) groups is 3. The van der Waals surface area contributed by atoms with Gasteiger partial charge >= 0.3 is 11.8 Å². The molecule has 0 unspecified atom stereocenters. The summed E-state index contributed by atoms with van der Waals surface area (Å²) in [5.41, 5.74) is 5.02. The molecule has 9 heteroatoms. The molecule has 8 nitrogen and oxygen atoms in total. The van der Waals surface area contributed by atoms with E-state index in [0.29, 0.717) is 39.7 Å². The lowest BCUT2D eigenvalue weighted by molar-refractivity contribution is -0.133. The van der Waals surface area contributed by atoms with Gasteiger partial charge in [0.1, 0.15) is 11.4 Å². The van der Waals surface area contributed by atoms with Crippen molar-refractivity contribution in [2.75, 3.05) is 22.7 Å². The Bertz CT molecular complexity index is 1410. The minimum atomic E-state index is -0.934. The Balaban J connectivity index is 1.60. The number of hydrogen-bond acceptors (Lipinski definition) is 4. The molecule has 0 aliphatic rings. The maximum Gasteiger partial charge on any atom is 0.328 e. The van der Waals surface area contributed by atoms with Crippen molar-refractivity contribution in [3.63, 3.8) is 0 Å². The van der Waals surface area contributed by atoms with E-state index in [1.54, 1.807) is 60.7 Å². The molecular formula is C26H23ClN4O4. The van der Waals surface area contributed by atoms with Crippen LogP contribution < -0.4 is 20.8 Å². The number of carbonyl (C=O) groups excluding carboxylic acids is 3. The largest absolute Gasteiger partial charge is 0.494 e. The average molecular weight is 491 g/mol. The standard InChI is InChI=1S/C26H23ClN4O4/c1-3-35-20-11-9-19(10-12-20)28-24(32)23-15-17-14-18(27)8-13-22(17)31(23)30-26(34)25(33)29-21-7-5-4-6-16(21)2/h4-15H,3H2,1-2H3,(H,28,32)(H,29,33)(H,30,34). The fourth-order valence-electron chi connectivity index (χ4n) is 3.51. The summed E-state index contributed by atoms with van der Waals surface area (Å²) < 4.78 is 6.70. The third-order valence-electron chi connectivity index (χ3n) is 5.23. The lowest BCUT2D eigenvalue weighted by Gasteiger charge is -2.13. The van der Waals surface area contributed by atoms with Crippen molar-refractivity contribution in [3.05, 3.63) is 89.1 Å². The van der Waals surface area contributed by atoms with Crippen molar-refractivity contribution in [1.29, 1.82) is 0 Å². The van der Waals surface area contributed by atoms with Gasteiger partial charge in [-0.3, -0.25) is 19.8 Å². The van der Waals surface area contributed by atoms with E-state index in [0.717, 1.165) is 5.56 Å². The van der Waals surface area contributed by atoms with Gasteiger partial charge in [0.05, 0.1) is 12.1 Å². The van der Waals surface area contributed by atoms with Gasteiger partial charge in [-0.2, -0.15) is 0 Å². The van der Waals surface area contributed by atoms with Gasteiger partial charge in [-0.1, -0.05) is 29.8 Å². The van der Waals surface area contributed by atoms with Gasteiger partial charge in [0.15, 0.2) is 0 Å². The summed E-state index contributed by atoms with van der Waals surface area (Å²) in [4.78, 5) is 38.5. The van der Waals surface area contributed by atoms with Crippen LogP contribution in [0.4, 0.5) is 11.4 Å². The number of halogens is 1. The van der Waals surface area contributed by atoms with Crippen molar-refractivity contribution < 1.29 is 19.1 Å². The maximum absolute atomic E-state index is 13.1. The molecule has 3 amide bonds. The molecule has 0 fully saturated rings. The highest BCUT2D eigenvalue weighted by Crippen LogP contribution is 2.24. The molecule has 0 radical (unpaired) electrons. The quantitative estimate of drug-likeness (QED) is 0.332. The van der Waals surface area contributed by atoms with E-state index in [1.165, 1.54) is 4.68 Å². The molecule has 0 saturated carbocycles. The highest BCUT2D eigenvalue weighted by molar-refractivity contribution is 6.42. The van der Waals surface area contributed by atoms with E-state index in [1.807, 2.05) is 26.0 Å². The Morgan fingerprint density at radius 3 is 2.37 bits per heavy atom. The van der Waals surface area contributed by atoms with Gasteiger partial charge in [0.25, 0.3) is 5.91 Å². The van der Waals surface area contributed by atoms with E-state index >= 15 is 0 Å². The summed E-state index contributed by atoms with van der Waals surface area (Å²) in [6, 6.07) is 20.6. The van der Waals surface area contributed by atoms with Crippen LogP contribution in [-0.2, 0) is 9.59 Å². The second-order valence-corrected chi connectivity index (χ2v) is 8.13. The topological polar surface area (TPSA) is 101 Å². The van der Waals surface area contributed by atoms with Crippen molar-refractivity contribution >= 4 is 51.6 Å². The zero-order chi connectivity index (χ0) is 24.9. The highest BCUT2D eigenvalue weighted by atomic mass is 35.5. The number of para-hydroxylation sites is 1. The predicted molar refractivity (Wildman–Crippen MR) is 137 cm³/mol. The molecule has 35 heavy (non-hydrogen) atoms. The first-order chi connectivity index (χ1) is 16.9. The Kier molecular flexibility index (Phi) is 7.03. The average Bonchev–Trinajstić information content (AvgIpc) is 3.19. The number of nitrogens with zero attached hydrogens (tertiary/aromatic N) is 1. The van der Waals surface area contributed by atoms with Gasteiger partial charge < -0.3 is 15.4 Å². The van der Waals surface area contributed by atoms with Crippen LogP contribution in [0.1, 0.15) is 23.0 Å². The number of hydrogen-bond donors (Lipinski definition) is 3. The molecule has 4 aromatic rings. The first-order valence-electron chi connectivity index (χ1n) is 10.9. The molecule has 3 N–H and O–H groups in total. The number of benzene rings is 3. The summed E-state index contributed by atoms with van der Waals surface area (Å²) in [7, 11) is 0. The van der Waals surface area contributed by atoms with Gasteiger partial charge in [-0.05, 0) is 74.0 Å². The molecule has 3 aromatic carbocycles. The molecule has 178 valence electrons.